The van der Waals surface area contributed by atoms with Crippen molar-refractivity contribution in [3.63, 3.8) is 0 Å². The molecule has 0 bridgehead atoms. The lowest BCUT2D eigenvalue weighted by Crippen LogP contribution is -2.07. The van der Waals surface area contributed by atoms with Crippen LogP contribution in [0.4, 0.5) is 5.82 Å². The summed E-state index contributed by atoms with van der Waals surface area (Å²) in [6.45, 7) is 6.35. The first-order valence-electron chi connectivity index (χ1n) is 6.27. The average Bonchev–Trinajstić information content (AvgIpc) is 2.28. The van der Waals surface area contributed by atoms with Crippen LogP contribution in [0, 0.1) is 17.2 Å². The number of thioether (sulfide) groups is 1. The summed E-state index contributed by atoms with van der Waals surface area (Å²) >= 11 is 1.61. The average molecular weight is 264 g/mol. The van der Waals surface area contributed by atoms with E-state index in [1.165, 1.54) is 0 Å². The Morgan fingerprint density at radius 3 is 2.67 bits per heavy atom. The second kappa shape index (κ2) is 7.22. The van der Waals surface area contributed by atoms with Crippen LogP contribution in [0.25, 0.3) is 0 Å². The molecule has 0 atom stereocenters. The van der Waals surface area contributed by atoms with Gasteiger partial charge >= 0.3 is 0 Å². The standard InChI is InChI=1S/C13H20N4S/c1-4-5-6-18-13-16-11(7-9(2)3)10(8-14)12(15)17-13/h9H,4-7H2,1-3H3,(H2,15,16,17). The molecule has 0 saturated carbocycles. The number of anilines is 1. The van der Waals surface area contributed by atoms with Crippen LogP contribution in [-0.4, -0.2) is 15.7 Å². The summed E-state index contributed by atoms with van der Waals surface area (Å²) in [5.74, 6) is 1.74. The molecule has 0 aliphatic heterocycles. The number of hydrogen-bond donors (Lipinski definition) is 1. The summed E-state index contributed by atoms with van der Waals surface area (Å²) in [6.07, 6.45) is 3.04. The van der Waals surface area contributed by atoms with E-state index in [2.05, 4.69) is 36.8 Å². The normalized spacial score (nSPS) is 10.6. The van der Waals surface area contributed by atoms with Gasteiger partial charge < -0.3 is 5.73 Å². The molecule has 2 N–H and O–H groups in total. The molecule has 1 heterocycles. The largest absolute Gasteiger partial charge is 0.382 e. The predicted octanol–water partition coefficient (Wildman–Crippen LogP) is 3.02. The molecule has 5 heteroatoms. The van der Waals surface area contributed by atoms with Crippen molar-refractivity contribution in [2.24, 2.45) is 5.92 Å². The van der Waals surface area contributed by atoms with Crippen LogP contribution < -0.4 is 5.73 Å². The quantitative estimate of drug-likeness (QED) is 0.485. The molecule has 1 aromatic heterocycles. The first kappa shape index (κ1) is 14.8. The number of nitrogen functional groups attached to an aromatic ring is 1. The highest BCUT2D eigenvalue weighted by Crippen LogP contribution is 2.22. The van der Waals surface area contributed by atoms with Crippen LogP contribution in [0.3, 0.4) is 0 Å². The minimum absolute atomic E-state index is 0.308. The van der Waals surface area contributed by atoms with Crippen LogP contribution in [-0.2, 0) is 6.42 Å². The zero-order valence-electron chi connectivity index (χ0n) is 11.2. The Bertz CT molecular complexity index is 437. The molecule has 0 saturated heterocycles. The molecule has 0 amide bonds. The Morgan fingerprint density at radius 2 is 2.11 bits per heavy atom. The molecular formula is C13H20N4S. The lowest BCUT2D eigenvalue weighted by molar-refractivity contribution is 0.627. The van der Waals surface area contributed by atoms with Crippen LogP contribution in [0.15, 0.2) is 5.16 Å². The van der Waals surface area contributed by atoms with Crippen molar-refractivity contribution in [2.75, 3.05) is 11.5 Å². The van der Waals surface area contributed by atoms with E-state index in [-0.39, 0.29) is 0 Å². The number of aromatic nitrogens is 2. The maximum absolute atomic E-state index is 9.10. The van der Waals surface area contributed by atoms with Gasteiger partial charge in [-0.25, -0.2) is 9.97 Å². The molecule has 18 heavy (non-hydrogen) atoms. The van der Waals surface area contributed by atoms with Crippen molar-refractivity contribution in [1.82, 2.24) is 9.97 Å². The van der Waals surface area contributed by atoms with E-state index in [0.29, 0.717) is 22.5 Å². The molecule has 0 radical (unpaired) electrons. The summed E-state index contributed by atoms with van der Waals surface area (Å²) in [4.78, 5) is 8.66. The Labute approximate surface area is 113 Å². The second-order valence-corrected chi connectivity index (χ2v) is 5.69. The second-order valence-electron chi connectivity index (χ2n) is 4.62. The van der Waals surface area contributed by atoms with E-state index in [9.17, 15) is 0 Å². The van der Waals surface area contributed by atoms with E-state index >= 15 is 0 Å². The third-order valence-corrected chi connectivity index (χ3v) is 3.37. The van der Waals surface area contributed by atoms with Gasteiger partial charge in [0.15, 0.2) is 5.16 Å². The van der Waals surface area contributed by atoms with Crippen molar-refractivity contribution >= 4 is 17.6 Å². The van der Waals surface area contributed by atoms with Gasteiger partial charge in [-0.2, -0.15) is 5.26 Å². The highest BCUT2D eigenvalue weighted by atomic mass is 32.2. The Balaban J connectivity index is 2.95. The van der Waals surface area contributed by atoms with Gasteiger partial charge in [-0.15, -0.1) is 0 Å². The molecule has 98 valence electrons. The van der Waals surface area contributed by atoms with Gasteiger partial charge in [-0.3, -0.25) is 0 Å². The monoisotopic (exact) mass is 264 g/mol. The SMILES string of the molecule is CCCCSc1nc(N)c(C#N)c(CC(C)C)n1. The Morgan fingerprint density at radius 1 is 1.39 bits per heavy atom. The predicted molar refractivity (Wildman–Crippen MR) is 75.3 cm³/mol. The molecule has 1 aromatic rings. The molecule has 1 rings (SSSR count). The van der Waals surface area contributed by atoms with Crippen molar-refractivity contribution in [3.8, 4) is 6.07 Å². The molecule has 0 spiro atoms. The number of unbranched alkanes of at least 4 members (excludes halogenated alkanes) is 1. The number of nitrogens with two attached hydrogens (primary N) is 1. The zero-order valence-corrected chi connectivity index (χ0v) is 12.0. The smallest absolute Gasteiger partial charge is 0.189 e. The van der Waals surface area contributed by atoms with E-state index in [1.54, 1.807) is 11.8 Å². The van der Waals surface area contributed by atoms with E-state index < -0.39 is 0 Å². The summed E-state index contributed by atoms with van der Waals surface area (Å²) < 4.78 is 0. The third-order valence-electron chi connectivity index (χ3n) is 2.43. The van der Waals surface area contributed by atoms with Crippen LogP contribution in [0.2, 0.25) is 0 Å². The van der Waals surface area contributed by atoms with Crippen molar-refractivity contribution in [3.05, 3.63) is 11.3 Å². The Hall–Kier alpha value is -1.28. The van der Waals surface area contributed by atoms with Gasteiger partial charge in [0.1, 0.15) is 17.5 Å². The summed E-state index contributed by atoms with van der Waals surface area (Å²) in [5.41, 5.74) is 7.04. The van der Waals surface area contributed by atoms with Crippen LogP contribution in [0.1, 0.15) is 44.9 Å². The van der Waals surface area contributed by atoms with Crippen molar-refractivity contribution in [1.29, 1.82) is 5.26 Å². The van der Waals surface area contributed by atoms with Gasteiger partial charge in [0.25, 0.3) is 0 Å². The number of nitrogens with zero attached hydrogens (tertiary/aromatic N) is 3. The number of nitriles is 1. The van der Waals surface area contributed by atoms with Crippen molar-refractivity contribution < 1.29 is 0 Å². The van der Waals surface area contributed by atoms with Gasteiger partial charge in [0, 0.05) is 5.75 Å². The fourth-order valence-electron chi connectivity index (χ4n) is 1.53. The lowest BCUT2D eigenvalue weighted by Gasteiger charge is -2.09. The van der Waals surface area contributed by atoms with Crippen LogP contribution >= 0.6 is 11.8 Å². The molecule has 0 fully saturated rings. The molecule has 0 aliphatic rings. The van der Waals surface area contributed by atoms with Gasteiger partial charge in [0.05, 0.1) is 5.69 Å². The Kier molecular flexibility index (Phi) is 5.93. The maximum atomic E-state index is 9.10. The lowest BCUT2D eigenvalue weighted by atomic mass is 10.0. The third kappa shape index (κ3) is 4.19. The van der Waals surface area contributed by atoms with Crippen molar-refractivity contribution in [2.45, 2.75) is 45.2 Å². The summed E-state index contributed by atoms with van der Waals surface area (Å²) in [6, 6.07) is 2.10. The minimum Gasteiger partial charge on any atom is -0.382 e. The first-order chi connectivity index (χ1) is 8.58. The molecule has 4 nitrogen and oxygen atoms in total. The molecule has 0 unspecified atom stereocenters. The highest BCUT2D eigenvalue weighted by Gasteiger charge is 2.13. The zero-order chi connectivity index (χ0) is 13.5. The van der Waals surface area contributed by atoms with E-state index in [1.807, 2.05) is 0 Å². The molecule has 0 aromatic carbocycles. The molecule has 0 aliphatic carbocycles. The topological polar surface area (TPSA) is 75.6 Å². The maximum Gasteiger partial charge on any atom is 0.189 e. The highest BCUT2D eigenvalue weighted by molar-refractivity contribution is 7.99. The molecular weight excluding hydrogens is 244 g/mol. The number of rotatable bonds is 6. The van der Waals surface area contributed by atoms with Gasteiger partial charge in [-0.1, -0.05) is 39.0 Å². The first-order valence-corrected chi connectivity index (χ1v) is 7.26. The number of hydrogen-bond acceptors (Lipinski definition) is 5. The summed E-state index contributed by atoms with van der Waals surface area (Å²) in [5, 5.41) is 9.79. The fourth-order valence-corrected chi connectivity index (χ4v) is 2.48. The fraction of sp³-hybridized carbons (Fsp3) is 0.615. The van der Waals surface area contributed by atoms with Gasteiger partial charge in [0.2, 0.25) is 0 Å². The van der Waals surface area contributed by atoms with E-state index in [0.717, 1.165) is 30.7 Å². The summed E-state index contributed by atoms with van der Waals surface area (Å²) in [7, 11) is 0. The van der Waals surface area contributed by atoms with E-state index in [4.69, 9.17) is 11.0 Å². The van der Waals surface area contributed by atoms with Crippen LogP contribution in [0.5, 0.6) is 0 Å². The minimum atomic E-state index is 0.308. The van der Waals surface area contributed by atoms with Gasteiger partial charge in [-0.05, 0) is 18.8 Å².